The lowest BCUT2D eigenvalue weighted by Crippen LogP contribution is -2.30. The van der Waals surface area contributed by atoms with Gasteiger partial charge in [-0.2, -0.15) is 5.10 Å². The molecule has 1 unspecified atom stereocenters. The van der Waals surface area contributed by atoms with Gasteiger partial charge in [0, 0.05) is 34.3 Å². The maximum Gasteiger partial charge on any atom is 0.0644 e. The molecule has 1 atom stereocenters. The molecule has 0 aliphatic carbocycles. The van der Waals surface area contributed by atoms with Crippen molar-refractivity contribution in [2.45, 2.75) is 32.4 Å². The van der Waals surface area contributed by atoms with E-state index in [-0.39, 0.29) is 6.04 Å². The number of aromatic nitrogens is 2. The first-order valence-electron chi connectivity index (χ1n) is 6.47. The Balaban J connectivity index is 2.24. The molecule has 0 radical (unpaired) electrons. The minimum Gasteiger partial charge on any atom is -0.271 e. The quantitative estimate of drug-likeness (QED) is 0.656. The fourth-order valence-electron chi connectivity index (χ4n) is 2.07. The highest BCUT2D eigenvalue weighted by Crippen LogP contribution is 2.31. The highest BCUT2D eigenvalue weighted by molar-refractivity contribution is 6.36. The normalized spacial score (nSPS) is 12.9. The summed E-state index contributed by atoms with van der Waals surface area (Å²) in [6, 6.07) is 7.56. The number of hydrogen-bond acceptors (Lipinski definition) is 3. The Labute approximate surface area is 128 Å². The molecule has 20 heavy (non-hydrogen) atoms. The lowest BCUT2D eigenvalue weighted by Gasteiger charge is -2.18. The molecule has 0 fully saturated rings. The summed E-state index contributed by atoms with van der Waals surface area (Å²) >= 11 is 12.4. The fraction of sp³-hybridized carbons (Fsp3) is 0.357. The van der Waals surface area contributed by atoms with Crippen molar-refractivity contribution in [3.8, 4) is 0 Å². The zero-order valence-electron chi connectivity index (χ0n) is 11.5. The van der Waals surface area contributed by atoms with Gasteiger partial charge < -0.3 is 0 Å². The second-order valence-electron chi connectivity index (χ2n) is 4.94. The summed E-state index contributed by atoms with van der Waals surface area (Å²) in [5.74, 6) is 5.66. The van der Waals surface area contributed by atoms with Gasteiger partial charge in [0.1, 0.15) is 0 Å². The van der Waals surface area contributed by atoms with Crippen molar-refractivity contribution >= 4 is 23.2 Å². The lowest BCUT2D eigenvalue weighted by atomic mass is 10.0. The molecule has 2 rings (SSSR count). The SMILES string of the molecule is CC(C)n1ccc(CC(NN)c2c(Cl)cccc2Cl)n1. The van der Waals surface area contributed by atoms with Crippen molar-refractivity contribution in [3.63, 3.8) is 0 Å². The lowest BCUT2D eigenvalue weighted by molar-refractivity contribution is 0.507. The first kappa shape index (κ1) is 15.3. The first-order valence-corrected chi connectivity index (χ1v) is 7.22. The number of hydrazine groups is 1. The minimum atomic E-state index is -0.174. The van der Waals surface area contributed by atoms with Crippen LogP contribution in [0.4, 0.5) is 0 Å². The third-order valence-electron chi connectivity index (χ3n) is 3.16. The number of benzene rings is 1. The third-order valence-corrected chi connectivity index (χ3v) is 3.81. The topological polar surface area (TPSA) is 55.9 Å². The zero-order chi connectivity index (χ0) is 14.7. The van der Waals surface area contributed by atoms with E-state index in [4.69, 9.17) is 29.0 Å². The van der Waals surface area contributed by atoms with Crippen molar-refractivity contribution < 1.29 is 0 Å². The van der Waals surface area contributed by atoms with Crippen LogP contribution in [0, 0.1) is 0 Å². The largest absolute Gasteiger partial charge is 0.271 e. The fourth-order valence-corrected chi connectivity index (χ4v) is 2.73. The summed E-state index contributed by atoms with van der Waals surface area (Å²) in [5.41, 5.74) is 4.51. The summed E-state index contributed by atoms with van der Waals surface area (Å²) in [7, 11) is 0. The Hall–Kier alpha value is -1.07. The summed E-state index contributed by atoms with van der Waals surface area (Å²) in [6.07, 6.45) is 2.58. The molecule has 0 bridgehead atoms. The number of hydrogen-bond donors (Lipinski definition) is 2. The highest BCUT2D eigenvalue weighted by Gasteiger charge is 2.18. The molecule has 3 N–H and O–H groups in total. The molecule has 1 aromatic heterocycles. The van der Waals surface area contributed by atoms with Gasteiger partial charge in [0.15, 0.2) is 0 Å². The monoisotopic (exact) mass is 312 g/mol. The maximum atomic E-state index is 6.22. The third kappa shape index (κ3) is 3.33. The molecule has 0 spiro atoms. The summed E-state index contributed by atoms with van der Waals surface area (Å²) in [6.45, 7) is 4.17. The second kappa shape index (κ2) is 6.59. The van der Waals surface area contributed by atoms with E-state index in [0.717, 1.165) is 11.3 Å². The van der Waals surface area contributed by atoms with Gasteiger partial charge >= 0.3 is 0 Å². The van der Waals surface area contributed by atoms with Crippen LogP contribution in [0.3, 0.4) is 0 Å². The van der Waals surface area contributed by atoms with Gasteiger partial charge in [0.2, 0.25) is 0 Å². The summed E-state index contributed by atoms with van der Waals surface area (Å²) in [4.78, 5) is 0. The Bertz CT molecular complexity index is 560. The van der Waals surface area contributed by atoms with Gasteiger partial charge in [-0.25, -0.2) is 0 Å². The van der Waals surface area contributed by atoms with Crippen LogP contribution in [0.2, 0.25) is 10.0 Å². The van der Waals surface area contributed by atoms with E-state index in [2.05, 4.69) is 24.4 Å². The molecule has 0 amide bonds. The van der Waals surface area contributed by atoms with Gasteiger partial charge in [-0.1, -0.05) is 29.3 Å². The number of nitrogens with zero attached hydrogens (tertiary/aromatic N) is 2. The molecule has 4 nitrogen and oxygen atoms in total. The number of nitrogens with one attached hydrogen (secondary N) is 1. The van der Waals surface area contributed by atoms with Crippen LogP contribution in [0.25, 0.3) is 0 Å². The van der Waals surface area contributed by atoms with Gasteiger partial charge in [-0.05, 0) is 32.0 Å². The second-order valence-corrected chi connectivity index (χ2v) is 5.75. The molecule has 0 saturated heterocycles. The predicted molar refractivity (Wildman–Crippen MR) is 82.8 cm³/mol. The van der Waals surface area contributed by atoms with Crippen LogP contribution in [0.15, 0.2) is 30.5 Å². The van der Waals surface area contributed by atoms with E-state index < -0.39 is 0 Å². The van der Waals surface area contributed by atoms with E-state index >= 15 is 0 Å². The standard InChI is InChI=1S/C14H18Cl2N4/c1-9(2)20-7-6-10(19-20)8-13(18-17)14-11(15)4-3-5-12(14)16/h3-7,9,13,18H,8,17H2,1-2H3. The Morgan fingerprint density at radius 1 is 1.25 bits per heavy atom. The van der Waals surface area contributed by atoms with Crippen molar-refractivity contribution in [1.29, 1.82) is 0 Å². The highest BCUT2D eigenvalue weighted by atomic mass is 35.5. The van der Waals surface area contributed by atoms with Gasteiger partial charge in [-0.15, -0.1) is 0 Å². The van der Waals surface area contributed by atoms with Crippen LogP contribution in [-0.4, -0.2) is 9.78 Å². The minimum absolute atomic E-state index is 0.174. The maximum absolute atomic E-state index is 6.22. The van der Waals surface area contributed by atoms with E-state index in [1.165, 1.54) is 0 Å². The number of rotatable bonds is 5. The van der Waals surface area contributed by atoms with Crippen LogP contribution in [0.5, 0.6) is 0 Å². The molecule has 1 heterocycles. The number of halogens is 2. The van der Waals surface area contributed by atoms with E-state index in [0.29, 0.717) is 22.5 Å². The molecule has 0 aliphatic rings. The van der Waals surface area contributed by atoms with E-state index in [1.54, 1.807) is 12.1 Å². The average Bonchev–Trinajstić information content (AvgIpc) is 2.86. The smallest absolute Gasteiger partial charge is 0.0644 e. The summed E-state index contributed by atoms with van der Waals surface area (Å²) < 4.78 is 1.91. The van der Waals surface area contributed by atoms with Gasteiger partial charge in [-0.3, -0.25) is 16.0 Å². The molecule has 6 heteroatoms. The van der Waals surface area contributed by atoms with Crippen molar-refractivity contribution in [3.05, 3.63) is 51.8 Å². The predicted octanol–water partition coefficient (Wildman–Crippen LogP) is 3.52. The van der Waals surface area contributed by atoms with Crippen LogP contribution >= 0.6 is 23.2 Å². The molecule has 0 saturated carbocycles. The average molecular weight is 313 g/mol. The Morgan fingerprint density at radius 2 is 1.90 bits per heavy atom. The molecule has 1 aromatic carbocycles. The van der Waals surface area contributed by atoms with Crippen LogP contribution in [0.1, 0.15) is 37.2 Å². The van der Waals surface area contributed by atoms with Crippen molar-refractivity contribution in [1.82, 2.24) is 15.2 Å². The molecule has 2 aromatic rings. The van der Waals surface area contributed by atoms with Crippen molar-refractivity contribution in [2.24, 2.45) is 5.84 Å². The Kier molecular flexibility index (Phi) is 5.05. The van der Waals surface area contributed by atoms with E-state index in [1.807, 2.05) is 23.0 Å². The molecular formula is C14H18Cl2N4. The summed E-state index contributed by atoms with van der Waals surface area (Å²) in [5, 5.41) is 5.72. The first-order chi connectivity index (χ1) is 9.52. The van der Waals surface area contributed by atoms with Gasteiger partial charge in [0.25, 0.3) is 0 Å². The van der Waals surface area contributed by atoms with Crippen LogP contribution < -0.4 is 11.3 Å². The van der Waals surface area contributed by atoms with Gasteiger partial charge in [0.05, 0.1) is 11.7 Å². The molecule has 108 valence electrons. The molecule has 0 aliphatic heterocycles. The Morgan fingerprint density at radius 3 is 2.40 bits per heavy atom. The van der Waals surface area contributed by atoms with Crippen LogP contribution in [-0.2, 0) is 6.42 Å². The van der Waals surface area contributed by atoms with E-state index in [9.17, 15) is 0 Å². The number of nitrogens with two attached hydrogens (primary N) is 1. The molecular weight excluding hydrogens is 295 g/mol. The van der Waals surface area contributed by atoms with Crippen molar-refractivity contribution in [2.75, 3.05) is 0 Å². The zero-order valence-corrected chi connectivity index (χ0v) is 13.0.